The highest BCUT2D eigenvalue weighted by molar-refractivity contribution is 6.01. The number of aliphatic hydroxyl groups excluding tert-OH is 1. The van der Waals surface area contributed by atoms with Gasteiger partial charge in [-0.25, -0.2) is 0 Å². The summed E-state index contributed by atoms with van der Waals surface area (Å²) in [4.78, 5) is 14.5. The molecule has 0 spiro atoms. The van der Waals surface area contributed by atoms with Crippen LogP contribution in [0.4, 0.5) is 0 Å². The molecule has 0 atom stereocenters. The summed E-state index contributed by atoms with van der Waals surface area (Å²) < 4.78 is 0. The first-order chi connectivity index (χ1) is 10.2. The first-order valence-electron chi connectivity index (χ1n) is 7.17. The fourth-order valence-electron chi connectivity index (χ4n) is 2.42. The molecule has 1 saturated carbocycles. The zero-order valence-corrected chi connectivity index (χ0v) is 11.9. The average molecular weight is 291 g/mol. The van der Waals surface area contributed by atoms with Crippen molar-refractivity contribution in [3.63, 3.8) is 0 Å². The molecule has 1 aromatic carbocycles. The van der Waals surface area contributed by atoms with Gasteiger partial charge in [-0.15, -0.1) is 0 Å². The van der Waals surface area contributed by atoms with Crippen LogP contribution in [0.1, 0.15) is 41.6 Å². The maximum atomic E-state index is 12.6. The van der Waals surface area contributed by atoms with Gasteiger partial charge in [0.15, 0.2) is 5.84 Å². The number of amides is 1. The van der Waals surface area contributed by atoms with Gasteiger partial charge in [0, 0.05) is 30.3 Å². The maximum Gasteiger partial charge on any atom is 0.254 e. The van der Waals surface area contributed by atoms with E-state index < -0.39 is 0 Å². The zero-order chi connectivity index (χ0) is 15.2. The van der Waals surface area contributed by atoms with Crippen molar-refractivity contribution < 1.29 is 15.1 Å². The highest BCUT2D eigenvalue weighted by Gasteiger charge is 2.29. The summed E-state index contributed by atoms with van der Waals surface area (Å²) in [6.45, 7) is 0.620. The molecule has 0 saturated heterocycles. The predicted molar refractivity (Wildman–Crippen MR) is 79.3 cm³/mol. The molecule has 4 N–H and O–H groups in total. The number of carbonyl (C=O) groups is 1. The number of nitrogens with two attached hydrogens (primary N) is 1. The Labute approximate surface area is 123 Å². The van der Waals surface area contributed by atoms with Crippen LogP contribution in [0.15, 0.2) is 29.4 Å². The van der Waals surface area contributed by atoms with Crippen LogP contribution in [0, 0.1) is 0 Å². The molecule has 0 heterocycles. The number of oxime groups is 1. The molecule has 114 valence electrons. The molecule has 6 heteroatoms. The summed E-state index contributed by atoms with van der Waals surface area (Å²) in [7, 11) is 0. The zero-order valence-electron chi connectivity index (χ0n) is 11.9. The number of nitrogens with zero attached hydrogens (tertiary/aromatic N) is 2. The number of rotatable bonds is 6. The molecule has 0 unspecified atom stereocenters. The fraction of sp³-hybridized carbons (Fsp3) is 0.467. The van der Waals surface area contributed by atoms with E-state index in [0.29, 0.717) is 24.1 Å². The van der Waals surface area contributed by atoms with E-state index in [9.17, 15) is 4.79 Å². The van der Waals surface area contributed by atoms with Gasteiger partial charge in [-0.2, -0.15) is 0 Å². The third-order valence-electron chi connectivity index (χ3n) is 3.85. The topological polar surface area (TPSA) is 99.2 Å². The van der Waals surface area contributed by atoms with Crippen LogP contribution >= 0.6 is 0 Å². The van der Waals surface area contributed by atoms with Gasteiger partial charge >= 0.3 is 0 Å². The summed E-state index contributed by atoms with van der Waals surface area (Å²) in [6, 6.07) is 7.01. The van der Waals surface area contributed by atoms with Crippen molar-refractivity contribution in [3.8, 4) is 0 Å². The van der Waals surface area contributed by atoms with E-state index in [1.165, 1.54) is 0 Å². The molecular weight excluding hydrogens is 270 g/mol. The van der Waals surface area contributed by atoms with E-state index in [1.807, 2.05) is 4.90 Å². The molecule has 1 aliphatic rings. The van der Waals surface area contributed by atoms with Crippen molar-refractivity contribution in [2.24, 2.45) is 10.9 Å². The normalized spacial score (nSPS) is 15.6. The molecule has 1 amide bonds. The number of aliphatic hydroxyl groups is 1. The standard InChI is InChI=1S/C15H21N3O3/c16-14(17-21)11-4-1-5-12(10-11)15(20)18(8-3-9-19)13-6-2-7-13/h1,4-5,10,13,19,21H,2-3,6-9H2,(H2,16,17). The van der Waals surface area contributed by atoms with Gasteiger partial charge in [-0.1, -0.05) is 17.3 Å². The van der Waals surface area contributed by atoms with E-state index >= 15 is 0 Å². The molecule has 0 radical (unpaired) electrons. The van der Waals surface area contributed by atoms with Crippen molar-refractivity contribution in [3.05, 3.63) is 35.4 Å². The van der Waals surface area contributed by atoms with E-state index in [1.54, 1.807) is 24.3 Å². The highest BCUT2D eigenvalue weighted by atomic mass is 16.4. The summed E-state index contributed by atoms with van der Waals surface area (Å²) in [5.41, 5.74) is 6.59. The SMILES string of the molecule is N/C(=N/O)c1cccc(C(=O)N(CCCO)C2CCC2)c1. The Morgan fingerprint density at radius 3 is 2.67 bits per heavy atom. The second-order valence-corrected chi connectivity index (χ2v) is 5.23. The van der Waals surface area contributed by atoms with Crippen LogP contribution in [-0.2, 0) is 0 Å². The van der Waals surface area contributed by atoms with E-state index in [0.717, 1.165) is 19.3 Å². The number of hydrogen-bond acceptors (Lipinski definition) is 4. The van der Waals surface area contributed by atoms with Gasteiger partial charge in [0.2, 0.25) is 0 Å². The second-order valence-electron chi connectivity index (χ2n) is 5.23. The van der Waals surface area contributed by atoms with Crippen LogP contribution in [0.3, 0.4) is 0 Å². The second kappa shape index (κ2) is 7.08. The summed E-state index contributed by atoms with van der Waals surface area (Å²) in [5.74, 6) is -0.0871. The minimum absolute atomic E-state index is 0.0183. The smallest absolute Gasteiger partial charge is 0.254 e. The van der Waals surface area contributed by atoms with Crippen molar-refractivity contribution >= 4 is 11.7 Å². The Morgan fingerprint density at radius 2 is 2.10 bits per heavy atom. The van der Waals surface area contributed by atoms with Crippen molar-refractivity contribution in [1.29, 1.82) is 0 Å². The van der Waals surface area contributed by atoms with Gasteiger partial charge in [-0.05, 0) is 37.8 Å². The average Bonchev–Trinajstić information content (AvgIpc) is 2.48. The quantitative estimate of drug-likeness (QED) is 0.317. The van der Waals surface area contributed by atoms with E-state index in [4.69, 9.17) is 16.0 Å². The Morgan fingerprint density at radius 1 is 1.38 bits per heavy atom. The number of hydrogen-bond donors (Lipinski definition) is 3. The van der Waals surface area contributed by atoms with Crippen molar-refractivity contribution in [2.45, 2.75) is 31.7 Å². The minimum atomic E-state index is -0.0688. The summed E-state index contributed by atoms with van der Waals surface area (Å²) in [5, 5.41) is 20.7. The fourth-order valence-corrected chi connectivity index (χ4v) is 2.42. The third kappa shape index (κ3) is 3.52. The summed E-state index contributed by atoms with van der Waals surface area (Å²) in [6.07, 6.45) is 3.73. The first kappa shape index (κ1) is 15.3. The van der Waals surface area contributed by atoms with Crippen molar-refractivity contribution in [2.75, 3.05) is 13.2 Å². The number of carbonyl (C=O) groups excluding carboxylic acids is 1. The molecule has 1 aromatic rings. The van der Waals surface area contributed by atoms with Gasteiger partial charge in [0.05, 0.1) is 0 Å². The molecular formula is C15H21N3O3. The number of benzene rings is 1. The molecule has 1 aliphatic carbocycles. The lowest BCUT2D eigenvalue weighted by atomic mass is 9.90. The Balaban J connectivity index is 2.19. The largest absolute Gasteiger partial charge is 0.409 e. The van der Waals surface area contributed by atoms with Crippen LogP contribution in [0.25, 0.3) is 0 Å². The molecule has 0 bridgehead atoms. The highest BCUT2D eigenvalue weighted by Crippen LogP contribution is 2.26. The van der Waals surface area contributed by atoms with Gasteiger partial charge in [0.1, 0.15) is 0 Å². The maximum absolute atomic E-state index is 12.6. The Hall–Kier alpha value is -2.08. The molecule has 0 aromatic heterocycles. The van der Waals surface area contributed by atoms with Crippen LogP contribution in [0.2, 0.25) is 0 Å². The lowest BCUT2D eigenvalue weighted by Crippen LogP contribution is -2.45. The molecule has 21 heavy (non-hydrogen) atoms. The third-order valence-corrected chi connectivity index (χ3v) is 3.85. The molecule has 2 rings (SSSR count). The lowest BCUT2D eigenvalue weighted by Gasteiger charge is -2.37. The lowest BCUT2D eigenvalue weighted by molar-refractivity contribution is 0.0562. The number of amidine groups is 1. The Bertz CT molecular complexity index is 527. The predicted octanol–water partition coefficient (Wildman–Crippen LogP) is 1.16. The van der Waals surface area contributed by atoms with Crippen LogP contribution < -0.4 is 5.73 Å². The molecule has 0 aliphatic heterocycles. The van der Waals surface area contributed by atoms with Crippen molar-refractivity contribution in [1.82, 2.24) is 4.90 Å². The van der Waals surface area contributed by atoms with Gasteiger partial charge in [0.25, 0.3) is 5.91 Å². The van der Waals surface area contributed by atoms with Crippen LogP contribution in [-0.4, -0.2) is 46.1 Å². The monoisotopic (exact) mass is 291 g/mol. The minimum Gasteiger partial charge on any atom is -0.409 e. The summed E-state index contributed by atoms with van der Waals surface area (Å²) >= 11 is 0. The van der Waals surface area contributed by atoms with Crippen LogP contribution in [0.5, 0.6) is 0 Å². The van der Waals surface area contributed by atoms with E-state index in [-0.39, 0.29) is 24.4 Å². The molecule has 6 nitrogen and oxygen atoms in total. The molecule has 1 fully saturated rings. The van der Waals surface area contributed by atoms with E-state index in [2.05, 4.69) is 5.16 Å². The Kier molecular flexibility index (Phi) is 5.16. The van der Waals surface area contributed by atoms with Gasteiger partial charge in [-0.3, -0.25) is 4.79 Å². The first-order valence-corrected chi connectivity index (χ1v) is 7.17. The van der Waals surface area contributed by atoms with Gasteiger partial charge < -0.3 is 20.9 Å².